The van der Waals surface area contributed by atoms with Crippen LogP contribution < -0.4 is 0 Å². The Kier molecular flexibility index (Phi) is 3.33. The average molecular weight is 196 g/mol. The maximum atomic E-state index is 2.46. The molecular weight excluding hydrogens is 168 g/mol. The molecule has 4 unspecified atom stereocenters. The zero-order valence-corrected chi connectivity index (χ0v) is 11.1. The van der Waals surface area contributed by atoms with Gasteiger partial charge in [-0.25, -0.2) is 0 Å². The van der Waals surface area contributed by atoms with Crippen molar-refractivity contribution in [2.75, 3.05) is 0 Å². The van der Waals surface area contributed by atoms with Gasteiger partial charge in [-0.15, -0.1) is 0 Å². The van der Waals surface area contributed by atoms with Crippen LogP contribution >= 0.6 is 0 Å². The van der Waals surface area contributed by atoms with Crippen molar-refractivity contribution in [3.63, 3.8) is 0 Å². The van der Waals surface area contributed by atoms with Crippen molar-refractivity contribution in [3.05, 3.63) is 0 Å². The minimum absolute atomic E-state index is 0.533. The van der Waals surface area contributed by atoms with Crippen LogP contribution in [-0.4, -0.2) is 0 Å². The third-order valence-corrected chi connectivity index (χ3v) is 5.39. The molecule has 0 aromatic heterocycles. The largest absolute Gasteiger partial charge is 0.0625 e. The summed E-state index contributed by atoms with van der Waals surface area (Å²) in [6.45, 7) is 17.0. The topological polar surface area (TPSA) is 0 Å². The van der Waals surface area contributed by atoms with Crippen molar-refractivity contribution in [1.29, 1.82) is 0 Å². The monoisotopic (exact) mass is 196 g/mol. The van der Waals surface area contributed by atoms with Gasteiger partial charge in [0.2, 0.25) is 0 Å². The predicted octanol–water partition coefficient (Wildman–Crippen LogP) is 4.60. The zero-order valence-electron chi connectivity index (χ0n) is 11.1. The minimum Gasteiger partial charge on any atom is -0.0625 e. The molecule has 1 fully saturated rings. The summed E-state index contributed by atoms with van der Waals surface area (Å²) in [6.07, 6.45) is 1.43. The Hall–Kier alpha value is 0. The minimum atomic E-state index is 0.533. The van der Waals surface area contributed by atoms with Crippen LogP contribution in [0.15, 0.2) is 0 Å². The van der Waals surface area contributed by atoms with Crippen LogP contribution in [0.3, 0.4) is 0 Å². The second-order valence-corrected chi connectivity index (χ2v) is 6.51. The van der Waals surface area contributed by atoms with Crippen LogP contribution in [-0.2, 0) is 0 Å². The molecule has 0 spiro atoms. The molecule has 0 saturated heterocycles. The van der Waals surface area contributed by atoms with Gasteiger partial charge in [-0.1, -0.05) is 48.5 Å². The van der Waals surface area contributed by atoms with Crippen LogP contribution in [0.25, 0.3) is 0 Å². The van der Waals surface area contributed by atoms with Crippen LogP contribution in [0.4, 0.5) is 0 Å². The van der Waals surface area contributed by atoms with Gasteiger partial charge in [0.25, 0.3) is 0 Å². The number of rotatable bonds is 1. The number of hydrogen-bond donors (Lipinski definition) is 0. The molecule has 0 aromatic rings. The molecule has 0 nitrogen and oxygen atoms in total. The van der Waals surface area contributed by atoms with Gasteiger partial charge < -0.3 is 0 Å². The van der Waals surface area contributed by atoms with Crippen molar-refractivity contribution in [2.24, 2.45) is 35.0 Å². The predicted molar refractivity (Wildman–Crippen MR) is 64.2 cm³/mol. The molecule has 1 aliphatic carbocycles. The van der Waals surface area contributed by atoms with Gasteiger partial charge in [-0.05, 0) is 41.4 Å². The Morgan fingerprint density at radius 3 is 2.00 bits per heavy atom. The fraction of sp³-hybridized carbons (Fsp3) is 1.00. The van der Waals surface area contributed by atoms with Crippen molar-refractivity contribution in [2.45, 2.75) is 54.9 Å². The lowest BCUT2D eigenvalue weighted by molar-refractivity contribution is -0.0174. The lowest BCUT2D eigenvalue weighted by Gasteiger charge is -2.51. The lowest BCUT2D eigenvalue weighted by Crippen LogP contribution is -2.43. The molecule has 0 heterocycles. The second-order valence-electron chi connectivity index (χ2n) is 6.51. The lowest BCUT2D eigenvalue weighted by atomic mass is 9.54. The summed E-state index contributed by atoms with van der Waals surface area (Å²) in [5.41, 5.74) is 0.533. The first-order valence-corrected chi connectivity index (χ1v) is 6.28. The molecule has 1 aliphatic rings. The normalized spacial score (nSPS) is 42.9. The highest BCUT2D eigenvalue weighted by atomic mass is 14.5. The highest BCUT2D eigenvalue weighted by Gasteiger charge is 2.44. The van der Waals surface area contributed by atoms with E-state index in [0.29, 0.717) is 5.41 Å². The van der Waals surface area contributed by atoms with E-state index in [9.17, 15) is 0 Å². The van der Waals surface area contributed by atoms with Crippen molar-refractivity contribution in [3.8, 4) is 0 Å². The molecule has 1 rings (SSSR count). The Morgan fingerprint density at radius 1 is 1.07 bits per heavy atom. The Labute approximate surface area is 90.5 Å². The molecule has 0 aromatic carbocycles. The molecule has 14 heavy (non-hydrogen) atoms. The summed E-state index contributed by atoms with van der Waals surface area (Å²) < 4.78 is 0. The third-order valence-electron chi connectivity index (χ3n) is 5.39. The Balaban J connectivity index is 2.84. The summed E-state index contributed by atoms with van der Waals surface area (Å²) in [4.78, 5) is 0. The molecule has 0 N–H and O–H groups in total. The van der Waals surface area contributed by atoms with E-state index in [-0.39, 0.29) is 0 Å². The van der Waals surface area contributed by atoms with Gasteiger partial charge in [-0.3, -0.25) is 0 Å². The highest BCUT2D eigenvalue weighted by molar-refractivity contribution is 4.92. The average Bonchev–Trinajstić information content (AvgIpc) is 2.08. The maximum absolute atomic E-state index is 2.46. The molecule has 0 heteroatoms. The van der Waals surface area contributed by atoms with Gasteiger partial charge in [-0.2, -0.15) is 0 Å². The van der Waals surface area contributed by atoms with E-state index < -0.39 is 0 Å². The van der Waals surface area contributed by atoms with Gasteiger partial charge in [0.15, 0.2) is 0 Å². The van der Waals surface area contributed by atoms with E-state index >= 15 is 0 Å². The van der Waals surface area contributed by atoms with Gasteiger partial charge in [0.05, 0.1) is 0 Å². The summed E-state index contributed by atoms with van der Waals surface area (Å²) >= 11 is 0. The summed E-state index contributed by atoms with van der Waals surface area (Å²) in [6, 6.07) is 0. The van der Waals surface area contributed by atoms with Crippen LogP contribution in [0.1, 0.15) is 54.9 Å². The van der Waals surface area contributed by atoms with Crippen molar-refractivity contribution < 1.29 is 0 Å². The number of hydrogen-bond acceptors (Lipinski definition) is 0. The van der Waals surface area contributed by atoms with Crippen LogP contribution in [0, 0.1) is 35.0 Å². The molecular formula is C14H28. The second kappa shape index (κ2) is 3.87. The van der Waals surface area contributed by atoms with Crippen LogP contribution in [0.2, 0.25) is 0 Å². The van der Waals surface area contributed by atoms with Gasteiger partial charge in [0, 0.05) is 0 Å². The van der Waals surface area contributed by atoms with Gasteiger partial charge in [0.1, 0.15) is 0 Å². The van der Waals surface area contributed by atoms with E-state index in [1.165, 1.54) is 6.42 Å². The highest BCUT2D eigenvalue weighted by Crippen LogP contribution is 2.51. The van der Waals surface area contributed by atoms with Crippen molar-refractivity contribution in [1.82, 2.24) is 0 Å². The third kappa shape index (κ3) is 1.85. The van der Waals surface area contributed by atoms with E-state index in [1.807, 2.05) is 0 Å². The molecule has 0 aliphatic heterocycles. The fourth-order valence-electron chi connectivity index (χ4n) is 3.30. The zero-order chi connectivity index (χ0) is 11.1. The quantitative estimate of drug-likeness (QED) is 0.575. The Morgan fingerprint density at radius 2 is 1.57 bits per heavy atom. The summed E-state index contributed by atoms with van der Waals surface area (Å²) in [5, 5.41) is 0. The van der Waals surface area contributed by atoms with E-state index in [1.54, 1.807) is 0 Å². The standard InChI is InChI=1S/C14H28/c1-9(2)13-8-10(3)14(6,7)12(5)11(13)4/h9-13H,8H2,1-7H3. The SMILES string of the molecule is CC(C)C1CC(C)C(C)(C)C(C)C1C. The molecule has 0 amide bonds. The fourth-order valence-corrected chi connectivity index (χ4v) is 3.30. The maximum Gasteiger partial charge on any atom is -0.0300 e. The molecule has 84 valence electrons. The molecule has 4 atom stereocenters. The van der Waals surface area contributed by atoms with Gasteiger partial charge >= 0.3 is 0 Å². The van der Waals surface area contributed by atoms with Crippen LogP contribution in [0.5, 0.6) is 0 Å². The summed E-state index contributed by atoms with van der Waals surface area (Å²) in [5.74, 6) is 4.42. The first kappa shape index (κ1) is 12.1. The first-order chi connectivity index (χ1) is 6.28. The molecule has 0 bridgehead atoms. The molecule has 1 saturated carbocycles. The smallest absolute Gasteiger partial charge is 0.0300 e. The Bertz CT molecular complexity index is 188. The van der Waals surface area contributed by atoms with Crippen molar-refractivity contribution >= 4 is 0 Å². The van der Waals surface area contributed by atoms with E-state index in [2.05, 4.69) is 48.5 Å². The van der Waals surface area contributed by atoms with E-state index in [4.69, 9.17) is 0 Å². The first-order valence-electron chi connectivity index (χ1n) is 6.28. The van der Waals surface area contributed by atoms with E-state index in [0.717, 1.165) is 29.6 Å². The molecule has 0 radical (unpaired) electrons. The summed E-state index contributed by atoms with van der Waals surface area (Å²) in [7, 11) is 0.